The molecule has 1 heterocycles. The fraction of sp³-hybridized carbons (Fsp3) is 0.222. The van der Waals surface area contributed by atoms with Gasteiger partial charge in [0.15, 0.2) is 0 Å². The number of hydrogen-bond acceptors (Lipinski definition) is 6. The fourth-order valence-corrected chi connectivity index (χ4v) is 5.25. The molecule has 3 aromatic carbocycles. The van der Waals surface area contributed by atoms with E-state index in [1.807, 2.05) is 12.1 Å². The number of amides is 2. The van der Waals surface area contributed by atoms with Gasteiger partial charge >= 0.3 is 6.09 Å². The van der Waals surface area contributed by atoms with Crippen molar-refractivity contribution in [3.63, 3.8) is 0 Å². The zero-order valence-electron chi connectivity index (χ0n) is 20.4. The highest BCUT2D eigenvalue weighted by atomic mass is 32.2. The summed E-state index contributed by atoms with van der Waals surface area (Å²) in [5, 5.41) is 10.2. The van der Waals surface area contributed by atoms with E-state index in [-0.39, 0.29) is 16.6 Å². The van der Waals surface area contributed by atoms with Crippen LogP contribution in [0, 0.1) is 5.41 Å². The minimum atomic E-state index is -3.70. The van der Waals surface area contributed by atoms with E-state index in [0.717, 1.165) is 29.7 Å². The van der Waals surface area contributed by atoms with Crippen molar-refractivity contribution in [3.8, 4) is 0 Å². The van der Waals surface area contributed by atoms with Gasteiger partial charge in [0.2, 0.25) is 5.91 Å². The minimum Gasteiger partial charge on any atom is -0.453 e. The number of ether oxygens (including phenoxy) is 1. The molecule has 4 rings (SSSR count). The SMILES string of the molecule is COC(=O)NC(=N)c1ccc(CCC(=O)N2CCCc3cc(NS(=O)(=O)c4ccccc4)ccc32)cc1. The Morgan fingerprint density at radius 1 is 1.03 bits per heavy atom. The smallest absolute Gasteiger partial charge is 0.412 e. The monoisotopic (exact) mass is 520 g/mol. The van der Waals surface area contributed by atoms with Gasteiger partial charge < -0.3 is 9.64 Å². The van der Waals surface area contributed by atoms with Crippen LogP contribution in [-0.4, -0.2) is 39.9 Å². The molecule has 9 nitrogen and oxygen atoms in total. The third-order valence-electron chi connectivity index (χ3n) is 6.09. The van der Waals surface area contributed by atoms with Crippen molar-refractivity contribution in [2.75, 3.05) is 23.3 Å². The normalized spacial score (nSPS) is 12.8. The molecule has 0 fully saturated rings. The maximum absolute atomic E-state index is 13.1. The molecule has 0 bridgehead atoms. The first-order chi connectivity index (χ1) is 17.8. The Labute approximate surface area is 216 Å². The summed E-state index contributed by atoms with van der Waals surface area (Å²) in [6.07, 6.45) is 1.67. The molecule has 2 amide bonds. The number of carbonyl (C=O) groups excluding carboxylic acids is 2. The van der Waals surface area contributed by atoms with Gasteiger partial charge in [0, 0.05) is 29.9 Å². The van der Waals surface area contributed by atoms with Crippen LogP contribution in [-0.2, 0) is 32.4 Å². The van der Waals surface area contributed by atoms with E-state index in [4.69, 9.17) is 5.41 Å². The second-order valence-corrected chi connectivity index (χ2v) is 10.3. The number of methoxy groups -OCH3 is 1. The molecule has 192 valence electrons. The minimum absolute atomic E-state index is 0.0113. The van der Waals surface area contributed by atoms with Crippen LogP contribution < -0.4 is 14.9 Å². The number of nitrogens with zero attached hydrogens (tertiary/aromatic N) is 1. The summed E-state index contributed by atoms with van der Waals surface area (Å²) in [6, 6.07) is 20.5. The van der Waals surface area contributed by atoms with Gasteiger partial charge in [-0.2, -0.15) is 0 Å². The lowest BCUT2D eigenvalue weighted by Crippen LogP contribution is -2.35. The molecule has 0 unspecified atom stereocenters. The maximum atomic E-state index is 13.1. The van der Waals surface area contributed by atoms with Gasteiger partial charge in [-0.25, -0.2) is 13.2 Å². The number of nitrogens with one attached hydrogen (secondary N) is 3. The number of fused-ring (bicyclic) bond motifs is 1. The molecule has 0 aliphatic carbocycles. The number of aryl methyl sites for hydroxylation is 2. The Morgan fingerprint density at radius 2 is 1.76 bits per heavy atom. The van der Waals surface area contributed by atoms with Gasteiger partial charge in [-0.15, -0.1) is 0 Å². The Hall–Kier alpha value is -4.18. The number of amidine groups is 1. The van der Waals surface area contributed by atoms with Crippen LogP contribution in [0.1, 0.15) is 29.5 Å². The van der Waals surface area contributed by atoms with Crippen LogP contribution >= 0.6 is 0 Å². The summed E-state index contributed by atoms with van der Waals surface area (Å²) < 4.78 is 32.5. The predicted molar refractivity (Wildman–Crippen MR) is 141 cm³/mol. The van der Waals surface area contributed by atoms with E-state index >= 15 is 0 Å². The second-order valence-electron chi connectivity index (χ2n) is 8.60. The highest BCUT2D eigenvalue weighted by molar-refractivity contribution is 7.92. The first-order valence-corrected chi connectivity index (χ1v) is 13.3. The number of benzene rings is 3. The molecule has 1 aliphatic rings. The van der Waals surface area contributed by atoms with Crippen molar-refractivity contribution in [3.05, 3.63) is 89.5 Å². The molecule has 1 aliphatic heterocycles. The molecule has 0 saturated heterocycles. The molecule has 0 atom stereocenters. The van der Waals surface area contributed by atoms with Crippen molar-refractivity contribution in [1.82, 2.24) is 5.32 Å². The average Bonchev–Trinajstić information content (AvgIpc) is 2.91. The van der Waals surface area contributed by atoms with Crippen LogP contribution in [0.5, 0.6) is 0 Å². The summed E-state index contributed by atoms with van der Waals surface area (Å²) >= 11 is 0. The third-order valence-corrected chi connectivity index (χ3v) is 7.48. The zero-order valence-corrected chi connectivity index (χ0v) is 21.2. The number of rotatable bonds is 7. The van der Waals surface area contributed by atoms with Gasteiger partial charge in [-0.1, -0.05) is 42.5 Å². The topological polar surface area (TPSA) is 129 Å². The van der Waals surface area contributed by atoms with Gasteiger partial charge in [0.1, 0.15) is 5.84 Å². The summed E-state index contributed by atoms with van der Waals surface area (Å²) in [5.74, 6) is -0.0763. The van der Waals surface area contributed by atoms with Crippen LogP contribution in [0.3, 0.4) is 0 Å². The molecular weight excluding hydrogens is 492 g/mol. The molecule has 0 radical (unpaired) electrons. The van der Waals surface area contributed by atoms with Crippen molar-refractivity contribution < 1.29 is 22.7 Å². The first kappa shape index (κ1) is 25.9. The van der Waals surface area contributed by atoms with Gasteiger partial charge in [-0.3, -0.25) is 20.2 Å². The van der Waals surface area contributed by atoms with E-state index in [0.29, 0.717) is 30.6 Å². The van der Waals surface area contributed by atoms with E-state index in [9.17, 15) is 18.0 Å². The van der Waals surface area contributed by atoms with Crippen LogP contribution in [0.4, 0.5) is 16.2 Å². The molecule has 0 aromatic heterocycles. The first-order valence-electron chi connectivity index (χ1n) is 11.8. The second kappa shape index (κ2) is 11.3. The number of alkyl carbamates (subject to hydrolysis) is 1. The number of carbonyl (C=O) groups is 2. The number of hydrogen-bond donors (Lipinski definition) is 3. The van der Waals surface area contributed by atoms with E-state index < -0.39 is 16.1 Å². The van der Waals surface area contributed by atoms with E-state index in [1.165, 1.54) is 19.2 Å². The van der Waals surface area contributed by atoms with Crippen molar-refractivity contribution >= 4 is 39.2 Å². The molecule has 3 N–H and O–H groups in total. The quantitative estimate of drug-likeness (QED) is 0.319. The third kappa shape index (κ3) is 6.34. The number of anilines is 2. The van der Waals surface area contributed by atoms with Gasteiger partial charge in [0.05, 0.1) is 12.0 Å². The van der Waals surface area contributed by atoms with Gasteiger partial charge in [0.25, 0.3) is 10.0 Å². The van der Waals surface area contributed by atoms with Crippen LogP contribution in [0.15, 0.2) is 77.7 Å². The summed E-state index contributed by atoms with van der Waals surface area (Å²) in [4.78, 5) is 26.3. The molecule has 37 heavy (non-hydrogen) atoms. The molecule has 10 heteroatoms. The van der Waals surface area contributed by atoms with E-state index in [1.54, 1.807) is 53.4 Å². The molecule has 0 saturated carbocycles. The lowest BCUT2D eigenvalue weighted by atomic mass is 10.00. The lowest BCUT2D eigenvalue weighted by Gasteiger charge is -2.30. The van der Waals surface area contributed by atoms with Crippen LogP contribution in [0.25, 0.3) is 0 Å². The Bertz CT molecular complexity index is 1410. The van der Waals surface area contributed by atoms with Crippen molar-refractivity contribution in [2.24, 2.45) is 0 Å². The summed E-state index contributed by atoms with van der Waals surface area (Å²) in [5.41, 5.74) is 3.66. The fourth-order valence-electron chi connectivity index (χ4n) is 4.18. The molecule has 0 spiro atoms. The molecule has 3 aromatic rings. The average molecular weight is 521 g/mol. The lowest BCUT2D eigenvalue weighted by molar-refractivity contribution is -0.118. The van der Waals surface area contributed by atoms with E-state index in [2.05, 4.69) is 14.8 Å². The summed E-state index contributed by atoms with van der Waals surface area (Å²) in [6.45, 7) is 0.607. The van der Waals surface area contributed by atoms with Gasteiger partial charge in [-0.05, 0) is 60.7 Å². The summed E-state index contributed by atoms with van der Waals surface area (Å²) in [7, 11) is -2.46. The van der Waals surface area contributed by atoms with Crippen molar-refractivity contribution in [2.45, 2.75) is 30.6 Å². The largest absolute Gasteiger partial charge is 0.453 e. The highest BCUT2D eigenvalue weighted by Crippen LogP contribution is 2.31. The Morgan fingerprint density at radius 3 is 2.46 bits per heavy atom. The Balaban J connectivity index is 1.39. The molecular formula is C27H28N4O5S. The predicted octanol–water partition coefficient (Wildman–Crippen LogP) is 4.08. The number of sulfonamides is 1. The van der Waals surface area contributed by atoms with Crippen LogP contribution in [0.2, 0.25) is 0 Å². The Kier molecular flexibility index (Phi) is 7.88. The zero-order chi connectivity index (χ0) is 26.4. The van der Waals surface area contributed by atoms with Crippen molar-refractivity contribution in [1.29, 1.82) is 5.41 Å². The highest BCUT2D eigenvalue weighted by Gasteiger charge is 2.23. The standard InChI is InChI=1S/C27H28N4O5S/c1-36-27(33)29-26(28)20-12-9-19(10-13-20)11-16-25(32)31-17-5-6-21-18-22(14-15-24(21)31)30-37(34,35)23-7-3-2-4-8-23/h2-4,7-10,12-15,18,30H,5-6,11,16-17H2,1H3,(H2,28,29,33). The maximum Gasteiger partial charge on any atom is 0.412 e.